The van der Waals surface area contributed by atoms with Crippen molar-refractivity contribution >= 4 is 11.8 Å². The Labute approximate surface area is 106 Å². The van der Waals surface area contributed by atoms with Gasteiger partial charge in [0.15, 0.2) is 0 Å². The molecule has 0 spiro atoms. The van der Waals surface area contributed by atoms with Crippen molar-refractivity contribution in [3.63, 3.8) is 0 Å². The van der Waals surface area contributed by atoms with Crippen LogP contribution in [0.4, 0.5) is 0 Å². The highest BCUT2D eigenvalue weighted by molar-refractivity contribution is 7.99. The van der Waals surface area contributed by atoms with Gasteiger partial charge in [-0.05, 0) is 30.2 Å². The second kappa shape index (κ2) is 6.40. The molecular weight excluding hydrogens is 234 g/mol. The van der Waals surface area contributed by atoms with E-state index in [1.807, 2.05) is 17.8 Å². The number of aliphatic hydroxyl groups excluding tert-OH is 2. The number of fused-ring (bicyclic) bond motifs is 1. The van der Waals surface area contributed by atoms with Crippen LogP contribution in [0.25, 0.3) is 0 Å². The van der Waals surface area contributed by atoms with E-state index < -0.39 is 0 Å². The lowest BCUT2D eigenvalue weighted by molar-refractivity contribution is 0.160. The number of aliphatic hydroxyl groups is 2. The maximum absolute atomic E-state index is 9.15. The van der Waals surface area contributed by atoms with Gasteiger partial charge in [0.25, 0.3) is 0 Å². The minimum atomic E-state index is -0.226. The van der Waals surface area contributed by atoms with Gasteiger partial charge in [-0.1, -0.05) is 18.2 Å². The van der Waals surface area contributed by atoms with Crippen LogP contribution in [0.1, 0.15) is 24.4 Å². The Morgan fingerprint density at radius 2 is 2.06 bits per heavy atom. The smallest absolute Gasteiger partial charge is 0.0607 e. The SMILES string of the molecule is OCC(CO)NC1CCCSc2ccccc21. The van der Waals surface area contributed by atoms with Gasteiger partial charge < -0.3 is 15.5 Å². The van der Waals surface area contributed by atoms with Crippen molar-refractivity contribution in [2.45, 2.75) is 29.8 Å². The molecule has 0 fully saturated rings. The van der Waals surface area contributed by atoms with Gasteiger partial charge in [-0.15, -0.1) is 11.8 Å². The van der Waals surface area contributed by atoms with Gasteiger partial charge in [0.1, 0.15) is 0 Å². The van der Waals surface area contributed by atoms with E-state index in [4.69, 9.17) is 10.2 Å². The van der Waals surface area contributed by atoms with E-state index in [0.29, 0.717) is 0 Å². The molecule has 1 aromatic carbocycles. The van der Waals surface area contributed by atoms with Crippen LogP contribution in [-0.4, -0.2) is 35.2 Å². The van der Waals surface area contributed by atoms with Crippen LogP contribution in [0.15, 0.2) is 29.2 Å². The van der Waals surface area contributed by atoms with Crippen LogP contribution < -0.4 is 5.32 Å². The van der Waals surface area contributed by atoms with Crippen LogP contribution in [0.5, 0.6) is 0 Å². The highest BCUT2D eigenvalue weighted by atomic mass is 32.2. The summed E-state index contributed by atoms with van der Waals surface area (Å²) >= 11 is 1.89. The minimum absolute atomic E-state index is 0.0255. The van der Waals surface area contributed by atoms with E-state index in [1.165, 1.54) is 10.5 Å². The van der Waals surface area contributed by atoms with Gasteiger partial charge in [-0.3, -0.25) is 0 Å². The lowest BCUT2D eigenvalue weighted by Crippen LogP contribution is -2.38. The molecule has 94 valence electrons. The lowest BCUT2D eigenvalue weighted by atomic mass is 10.0. The van der Waals surface area contributed by atoms with E-state index >= 15 is 0 Å². The fraction of sp³-hybridized carbons (Fsp3) is 0.538. The molecule has 1 aliphatic rings. The molecule has 0 saturated heterocycles. The Kier molecular flexibility index (Phi) is 4.86. The largest absolute Gasteiger partial charge is 0.395 e. The van der Waals surface area contributed by atoms with E-state index in [9.17, 15) is 0 Å². The first-order valence-corrected chi connectivity index (χ1v) is 7.03. The first kappa shape index (κ1) is 12.9. The standard InChI is InChI=1S/C13H19NO2S/c15-8-10(9-16)14-12-5-3-7-17-13-6-2-1-4-11(12)13/h1-2,4,6,10,12,14-16H,3,5,7-9H2. The molecule has 1 aromatic rings. The summed E-state index contributed by atoms with van der Waals surface area (Å²) in [6.45, 7) is -0.0510. The van der Waals surface area contributed by atoms with E-state index in [1.54, 1.807) is 0 Å². The average molecular weight is 253 g/mol. The van der Waals surface area contributed by atoms with Crippen LogP contribution in [0.2, 0.25) is 0 Å². The first-order chi connectivity index (χ1) is 8.35. The predicted octanol–water partition coefficient (Wildman–Crippen LogP) is 1.56. The zero-order valence-corrected chi connectivity index (χ0v) is 10.6. The summed E-state index contributed by atoms with van der Waals surface area (Å²) in [7, 11) is 0. The van der Waals surface area contributed by atoms with E-state index in [0.717, 1.165) is 18.6 Å². The third-order valence-corrected chi connectivity index (χ3v) is 4.24. The summed E-state index contributed by atoms with van der Waals surface area (Å²) in [6, 6.07) is 8.40. The normalized spacial score (nSPS) is 20.1. The summed E-state index contributed by atoms with van der Waals surface area (Å²) in [5, 5.41) is 21.6. The maximum atomic E-state index is 9.15. The molecule has 1 aliphatic heterocycles. The Hall–Kier alpha value is -0.550. The highest BCUT2D eigenvalue weighted by Gasteiger charge is 2.20. The summed E-state index contributed by atoms with van der Waals surface area (Å²) in [6.07, 6.45) is 2.21. The van der Waals surface area contributed by atoms with E-state index in [-0.39, 0.29) is 25.3 Å². The number of thioether (sulfide) groups is 1. The van der Waals surface area contributed by atoms with Crippen LogP contribution in [-0.2, 0) is 0 Å². The van der Waals surface area contributed by atoms with Crippen LogP contribution >= 0.6 is 11.8 Å². The second-order valence-corrected chi connectivity index (χ2v) is 5.45. The second-order valence-electron chi connectivity index (χ2n) is 4.31. The summed E-state index contributed by atoms with van der Waals surface area (Å²) in [4.78, 5) is 1.32. The van der Waals surface area contributed by atoms with Gasteiger partial charge in [0.05, 0.1) is 19.3 Å². The number of rotatable bonds is 4. The molecule has 3 N–H and O–H groups in total. The van der Waals surface area contributed by atoms with Crippen molar-refractivity contribution < 1.29 is 10.2 Å². The summed E-state index contributed by atoms with van der Waals surface area (Å²) < 4.78 is 0. The number of hydrogen-bond donors (Lipinski definition) is 3. The molecule has 1 heterocycles. The fourth-order valence-corrected chi connectivity index (χ4v) is 3.23. The molecule has 0 saturated carbocycles. The minimum Gasteiger partial charge on any atom is -0.395 e. The molecule has 0 bridgehead atoms. The van der Waals surface area contributed by atoms with Crippen molar-refractivity contribution in [3.8, 4) is 0 Å². The molecule has 1 unspecified atom stereocenters. The first-order valence-electron chi connectivity index (χ1n) is 6.04. The molecule has 4 heteroatoms. The van der Waals surface area contributed by atoms with Gasteiger partial charge in [-0.2, -0.15) is 0 Å². The summed E-state index contributed by atoms with van der Waals surface area (Å²) in [5.74, 6) is 1.14. The zero-order valence-electron chi connectivity index (χ0n) is 9.80. The van der Waals surface area contributed by atoms with Crippen LogP contribution in [0.3, 0.4) is 0 Å². The highest BCUT2D eigenvalue weighted by Crippen LogP contribution is 2.34. The average Bonchev–Trinajstić information content (AvgIpc) is 2.58. The Balaban J connectivity index is 2.16. The topological polar surface area (TPSA) is 52.5 Å². The van der Waals surface area contributed by atoms with Crippen LogP contribution in [0, 0.1) is 0 Å². The van der Waals surface area contributed by atoms with Crippen molar-refractivity contribution in [2.75, 3.05) is 19.0 Å². The molecule has 0 radical (unpaired) electrons. The van der Waals surface area contributed by atoms with Gasteiger partial charge in [0, 0.05) is 10.9 Å². The van der Waals surface area contributed by atoms with Crippen molar-refractivity contribution in [3.05, 3.63) is 29.8 Å². The fourth-order valence-electron chi connectivity index (χ4n) is 2.15. The predicted molar refractivity (Wildman–Crippen MR) is 70.2 cm³/mol. The monoisotopic (exact) mass is 253 g/mol. The maximum Gasteiger partial charge on any atom is 0.0607 e. The third kappa shape index (κ3) is 3.22. The summed E-state index contributed by atoms with van der Waals surface area (Å²) in [5.41, 5.74) is 1.29. The van der Waals surface area contributed by atoms with Crippen molar-refractivity contribution in [2.24, 2.45) is 0 Å². The quantitative estimate of drug-likeness (QED) is 0.762. The molecule has 0 aromatic heterocycles. The lowest BCUT2D eigenvalue weighted by Gasteiger charge is -2.23. The van der Waals surface area contributed by atoms with Gasteiger partial charge in [-0.25, -0.2) is 0 Å². The van der Waals surface area contributed by atoms with Gasteiger partial charge >= 0.3 is 0 Å². The molecule has 17 heavy (non-hydrogen) atoms. The number of benzene rings is 1. The Bertz CT molecular complexity index is 355. The number of hydrogen-bond acceptors (Lipinski definition) is 4. The molecule has 3 nitrogen and oxygen atoms in total. The van der Waals surface area contributed by atoms with Crippen molar-refractivity contribution in [1.29, 1.82) is 0 Å². The Morgan fingerprint density at radius 1 is 1.29 bits per heavy atom. The van der Waals surface area contributed by atoms with Crippen molar-refractivity contribution in [1.82, 2.24) is 5.32 Å². The van der Waals surface area contributed by atoms with Gasteiger partial charge in [0.2, 0.25) is 0 Å². The number of nitrogens with one attached hydrogen (secondary N) is 1. The molecule has 0 aliphatic carbocycles. The molecule has 2 rings (SSSR count). The third-order valence-electron chi connectivity index (χ3n) is 3.07. The molecule has 0 amide bonds. The zero-order chi connectivity index (χ0) is 12.1. The molecular formula is C13H19NO2S. The van der Waals surface area contributed by atoms with E-state index in [2.05, 4.69) is 23.5 Å². The Morgan fingerprint density at radius 3 is 2.82 bits per heavy atom. The molecule has 1 atom stereocenters.